The fraction of sp³-hybridized carbons (Fsp3) is 0.826. The molecule has 7 atom stereocenters. The van der Waals surface area contributed by atoms with Gasteiger partial charge in [0, 0.05) is 14.0 Å². The third kappa shape index (κ3) is 5.46. The molecule has 3 fully saturated rings. The molecule has 2 heterocycles. The lowest BCUT2D eigenvalue weighted by Crippen LogP contribution is -2.56. The average Bonchev–Trinajstić information content (AvgIpc) is 3.62. The molecule has 1 spiro atoms. The van der Waals surface area contributed by atoms with Gasteiger partial charge in [-0.25, -0.2) is 4.79 Å². The number of nitrogens with one attached hydrogen (secondary N) is 1. The van der Waals surface area contributed by atoms with Crippen molar-refractivity contribution in [2.75, 3.05) is 25.7 Å². The number of epoxide rings is 2. The molecule has 2 saturated heterocycles. The summed E-state index contributed by atoms with van der Waals surface area (Å²) in [6, 6.07) is -0.646. The number of methoxy groups -OCH3 is 1. The Kier molecular flexibility index (Phi) is 7.77. The molecule has 0 aromatic carbocycles. The van der Waals surface area contributed by atoms with Crippen LogP contribution < -0.4 is 5.32 Å². The highest BCUT2D eigenvalue weighted by Gasteiger charge is 2.72. The van der Waals surface area contributed by atoms with E-state index in [0.29, 0.717) is 19.4 Å². The number of hydrogen-bond donors (Lipinski definition) is 1. The number of rotatable bonds is 10. The summed E-state index contributed by atoms with van der Waals surface area (Å²) >= 11 is 1.63. The van der Waals surface area contributed by atoms with E-state index < -0.39 is 18.1 Å². The monoisotopic (exact) mass is 455 g/mol. The van der Waals surface area contributed by atoms with Crippen LogP contribution in [-0.4, -0.2) is 73.2 Å². The molecule has 1 amide bonds. The van der Waals surface area contributed by atoms with Crippen LogP contribution in [0, 0.1) is 5.92 Å². The Morgan fingerprint density at radius 2 is 2.03 bits per heavy atom. The van der Waals surface area contributed by atoms with Gasteiger partial charge < -0.3 is 24.3 Å². The van der Waals surface area contributed by atoms with E-state index in [0.717, 1.165) is 18.6 Å². The SMILES string of the molecule is COC1C(OC(=O)C(CCSC)NC(C)=O)CC[C@]2(CO2)C1C1(C)O[C@@H]1CC=C(C)C. The van der Waals surface area contributed by atoms with Gasteiger partial charge in [0.25, 0.3) is 0 Å². The molecule has 2 aliphatic heterocycles. The Morgan fingerprint density at radius 1 is 1.32 bits per heavy atom. The maximum absolute atomic E-state index is 12.9. The Balaban J connectivity index is 1.73. The quantitative estimate of drug-likeness (QED) is 0.308. The predicted molar refractivity (Wildman–Crippen MR) is 120 cm³/mol. The van der Waals surface area contributed by atoms with Gasteiger partial charge in [-0.05, 0) is 58.5 Å². The van der Waals surface area contributed by atoms with Crippen LogP contribution in [0.2, 0.25) is 0 Å². The number of carbonyl (C=O) groups is 2. The molecule has 1 N–H and O–H groups in total. The minimum atomic E-state index is -0.646. The molecule has 1 saturated carbocycles. The van der Waals surface area contributed by atoms with E-state index in [1.54, 1.807) is 18.9 Å². The largest absolute Gasteiger partial charge is 0.458 e. The molecule has 176 valence electrons. The summed E-state index contributed by atoms with van der Waals surface area (Å²) < 4.78 is 24.0. The minimum absolute atomic E-state index is 0.0162. The molecule has 7 nitrogen and oxygen atoms in total. The van der Waals surface area contributed by atoms with Crippen LogP contribution in [0.5, 0.6) is 0 Å². The third-order valence-corrected chi connectivity index (χ3v) is 7.42. The van der Waals surface area contributed by atoms with Gasteiger partial charge in [0.1, 0.15) is 29.5 Å². The van der Waals surface area contributed by atoms with Gasteiger partial charge in [0.15, 0.2) is 0 Å². The number of carbonyl (C=O) groups excluding carboxylic acids is 2. The number of hydrogen-bond acceptors (Lipinski definition) is 7. The van der Waals surface area contributed by atoms with E-state index in [1.807, 2.05) is 6.26 Å². The second-order valence-electron chi connectivity index (χ2n) is 9.39. The highest BCUT2D eigenvalue weighted by atomic mass is 32.2. The van der Waals surface area contributed by atoms with Gasteiger partial charge in [-0.2, -0.15) is 11.8 Å². The second-order valence-corrected chi connectivity index (χ2v) is 10.4. The maximum Gasteiger partial charge on any atom is 0.329 e. The van der Waals surface area contributed by atoms with E-state index in [2.05, 4.69) is 32.2 Å². The first-order valence-electron chi connectivity index (χ1n) is 11.1. The first kappa shape index (κ1) is 24.6. The van der Waals surface area contributed by atoms with Crippen LogP contribution in [0.4, 0.5) is 0 Å². The Morgan fingerprint density at radius 3 is 2.58 bits per heavy atom. The van der Waals surface area contributed by atoms with Gasteiger partial charge in [-0.3, -0.25) is 4.79 Å². The van der Waals surface area contributed by atoms with Crippen molar-refractivity contribution >= 4 is 23.6 Å². The first-order valence-corrected chi connectivity index (χ1v) is 12.5. The van der Waals surface area contributed by atoms with Crippen LogP contribution in [0.15, 0.2) is 11.6 Å². The van der Waals surface area contributed by atoms with Gasteiger partial charge in [-0.15, -0.1) is 0 Å². The molecule has 0 aromatic heterocycles. The molecule has 3 aliphatic rings. The van der Waals surface area contributed by atoms with E-state index in [4.69, 9.17) is 18.9 Å². The van der Waals surface area contributed by atoms with Crippen molar-refractivity contribution in [3.05, 3.63) is 11.6 Å². The normalized spacial score (nSPS) is 37.1. The lowest BCUT2D eigenvalue weighted by Gasteiger charge is -2.43. The molecule has 3 rings (SSSR count). The van der Waals surface area contributed by atoms with E-state index >= 15 is 0 Å². The molecule has 0 radical (unpaired) electrons. The molecule has 31 heavy (non-hydrogen) atoms. The molecule has 0 aromatic rings. The van der Waals surface area contributed by atoms with Crippen LogP contribution in [-0.2, 0) is 28.5 Å². The molecule has 8 heteroatoms. The van der Waals surface area contributed by atoms with Crippen LogP contribution >= 0.6 is 11.8 Å². The molecular weight excluding hydrogens is 418 g/mol. The summed E-state index contributed by atoms with van der Waals surface area (Å²) in [6.07, 6.45) is 6.42. The molecule has 1 aliphatic carbocycles. The lowest BCUT2D eigenvalue weighted by molar-refractivity contribution is -0.174. The molecule has 0 bridgehead atoms. The Hall–Kier alpha value is -1.09. The van der Waals surface area contributed by atoms with Crippen LogP contribution in [0.25, 0.3) is 0 Å². The number of esters is 1. The fourth-order valence-corrected chi connectivity index (χ4v) is 5.50. The second kappa shape index (κ2) is 9.81. The van der Waals surface area contributed by atoms with Gasteiger partial charge in [0.2, 0.25) is 5.91 Å². The highest BCUT2D eigenvalue weighted by Crippen LogP contribution is 2.59. The summed E-state index contributed by atoms with van der Waals surface area (Å²) in [6.45, 7) is 8.40. The zero-order valence-electron chi connectivity index (χ0n) is 19.6. The average molecular weight is 456 g/mol. The van der Waals surface area contributed by atoms with Crippen molar-refractivity contribution in [3.63, 3.8) is 0 Å². The number of allylic oxidation sites excluding steroid dienone is 1. The number of amides is 1. The summed E-state index contributed by atoms with van der Waals surface area (Å²) in [5.41, 5.74) is 0.640. The summed E-state index contributed by atoms with van der Waals surface area (Å²) in [5, 5.41) is 2.73. The first-order chi connectivity index (χ1) is 14.7. The summed E-state index contributed by atoms with van der Waals surface area (Å²) in [7, 11) is 1.66. The summed E-state index contributed by atoms with van der Waals surface area (Å²) in [5.74, 6) is 0.109. The van der Waals surface area contributed by atoms with E-state index in [-0.39, 0.29) is 35.2 Å². The van der Waals surface area contributed by atoms with Gasteiger partial charge in [0.05, 0.1) is 18.6 Å². The van der Waals surface area contributed by atoms with Crippen molar-refractivity contribution in [1.82, 2.24) is 5.32 Å². The van der Waals surface area contributed by atoms with E-state index in [1.165, 1.54) is 12.5 Å². The molecule has 5 unspecified atom stereocenters. The Labute approximate surface area is 190 Å². The smallest absolute Gasteiger partial charge is 0.329 e. The van der Waals surface area contributed by atoms with Gasteiger partial charge in [-0.1, -0.05) is 11.6 Å². The minimum Gasteiger partial charge on any atom is -0.458 e. The topological polar surface area (TPSA) is 89.7 Å². The zero-order chi connectivity index (χ0) is 22.8. The zero-order valence-corrected chi connectivity index (χ0v) is 20.4. The Bertz CT molecular complexity index is 704. The maximum atomic E-state index is 12.9. The summed E-state index contributed by atoms with van der Waals surface area (Å²) in [4.78, 5) is 24.5. The van der Waals surface area contributed by atoms with Crippen molar-refractivity contribution in [1.29, 1.82) is 0 Å². The lowest BCUT2D eigenvalue weighted by atomic mass is 9.68. The number of thioether (sulfide) groups is 1. The van der Waals surface area contributed by atoms with Crippen LogP contribution in [0.3, 0.4) is 0 Å². The number of ether oxygens (including phenoxy) is 4. The fourth-order valence-electron chi connectivity index (χ4n) is 5.03. The predicted octanol–water partition coefficient (Wildman–Crippen LogP) is 2.86. The van der Waals surface area contributed by atoms with Crippen molar-refractivity contribution < 1.29 is 28.5 Å². The van der Waals surface area contributed by atoms with Gasteiger partial charge >= 0.3 is 5.97 Å². The van der Waals surface area contributed by atoms with E-state index in [9.17, 15) is 9.59 Å². The third-order valence-electron chi connectivity index (χ3n) is 6.78. The van der Waals surface area contributed by atoms with Crippen molar-refractivity contribution in [2.24, 2.45) is 5.92 Å². The standard InChI is InChI=1S/C23H37NO6S/c1-14(2)7-8-18-22(4,30-18)20-19(27-5)17(9-11-23(20)13-28-23)29-21(26)16(10-12-31-6)24-15(3)25/h7,16-20H,8-13H2,1-6H3,(H,24,25)/t16?,17?,18-,19?,20?,22?,23+/m1/s1. The molecular formula is C23H37NO6S. The highest BCUT2D eigenvalue weighted by molar-refractivity contribution is 7.98. The van der Waals surface area contributed by atoms with Crippen molar-refractivity contribution in [3.8, 4) is 0 Å². The van der Waals surface area contributed by atoms with Crippen LogP contribution in [0.1, 0.15) is 53.4 Å². The van der Waals surface area contributed by atoms with Crippen molar-refractivity contribution in [2.45, 2.75) is 88.9 Å².